The molecule has 0 unspecified atom stereocenters. The van der Waals surface area contributed by atoms with Gasteiger partial charge in [-0.2, -0.15) is 0 Å². The van der Waals surface area contributed by atoms with Gasteiger partial charge in [0, 0.05) is 16.5 Å². The molecule has 0 amide bonds. The topological polar surface area (TPSA) is 92.9 Å². The lowest BCUT2D eigenvalue weighted by Gasteiger charge is -2.24. The van der Waals surface area contributed by atoms with E-state index in [0.29, 0.717) is 17.3 Å². The van der Waals surface area contributed by atoms with Gasteiger partial charge in [-0.15, -0.1) is 0 Å². The molecule has 1 aliphatic heterocycles. The molecule has 1 fully saturated rings. The number of rotatable bonds is 4. The largest absolute Gasteiger partial charge is 0.383 e. The lowest BCUT2D eigenvalue weighted by molar-refractivity contribution is 0.103. The molecule has 0 bridgehead atoms. The number of piperidine rings is 1. The first-order chi connectivity index (χ1) is 10.7. The van der Waals surface area contributed by atoms with Crippen LogP contribution in [0.4, 0.5) is 11.6 Å². The number of ketones is 1. The van der Waals surface area contributed by atoms with E-state index in [1.807, 2.05) is 12.1 Å². The number of carbonyl (C=O) groups is 1. The summed E-state index contributed by atoms with van der Waals surface area (Å²) < 4.78 is 0. The minimum absolute atomic E-state index is 0. The molecular formula is C16H25N5O. The Morgan fingerprint density at radius 1 is 1.27 bits per heavy atom. The lowest BCUT2D eigenvalue weighted by Crippen LogP contribution is -2.35. The maximum Gasteiger partial charge on any atom is 0.215 e. The van der Waals surface area contributed by atoms with Crippen molar-refractivity contribution < 1.29 is 9.07 Å². The van der Waals surface area contributed by atoms with Crippen molar-refractivity contribution in [3.8, 4) is 0 Å². The number of nitrogen functional groups attached to an aromatic ring is 1. The van der Waals surface area contributed by atoms with E-state index < -0.39 is 0 Å². The summed E-state index contributed by atoms with van der Waals surface area (Å²) in [7, 11) is 0. The first kappa shape index (κ1) is 14.5. The molecule has 3 heterocycles. The van der Waals surface area contributed by atoms with Crippen molar-refractivity contribution >= 4 is 17.4 Å². The van der Waals surface area contributed by atoms with Gasteiger partial charge in [0.2, 0.25) is 5.78 Å². The highest BCUT2D eigenvalue weighted by molar-refractivity contribution is 6.10. The normalized spacial score (nSPS) is 15.5. The average molecular weight is 303 g/mol. The molecule has 0 saturated carbocycles. The molecule has 6 nitrogen and oxygen atoms in total. The Kier molecular flexibility index (Phi) is 4.29. The molecule has 0 spiro atoms. The van der Waals surface area contributed by atoms with Crippen LogP contribution in [-0.4, -0.2) is 34.9 Å². The van der Waals surface area contributed by atoms with Gasteiger partial charge in [-0.25, -0.2) is 9.97 Å². The van der Waals surface area contributed by atoms with Crippen molar-refractivity contribution in [3.05, 3.63) is 47.8 Å². The molecule has 0 atom stereocenters. The van der Waals surface area contributed by atoms with E-state index in [0.717, 1.165) is 31.7 Å². The number of aromatic nitrogens is 2. The maximum atomic E-state index is 12.5. The first-order valence-electron chi connectivity index (χ1n) is 7.43. The molecule has 0 aliphatic carbocycles. The smallest absolute Gasteiger partial charge is 0.215 e. The van der Waals surface area contributed by atoms with E-state index >= 15 is 0 Å². The van der Waals surface area contributed by atoms with Crippen LogP contribution < -0.4 is 16.4 Å². The van der Waals surface area contributed by atoms with Gasteiger partial charge in [-0.3, -0.25) is 4.79 Å². The van der Waals surface area contributed by atoms with Gasteiger partial charge in [0.1, 0.15) is 17.3 Å². The fraction of sp³-hybridized carbons (Fsp3) is 0.312. The standard InChI is InChI=1S/C16H19N5O.3H2/c17-16-12(3-2-8-19-16)15(22)13-4-1-5-14(21-13)20-11-6-9-18-10-7-11;;;/h1-5,8,11,18H,6-7,9-10H2,(H2,17,19)(H,20,21);3*1H. The molecule has 120 valence electrons. The van der Waals surface area contributed by atoms with Gasteiger partial charge in [0.05, 0.1) is 5.56 Å². The molecule has 22 heavy (non-hydrogen) atoms. The zero-order valence-corrected chi connectivity index (χ0v) is 12.2. The third-order valence-electron chi connectivity index (χ3n) is 3.76. The third kappa shape index (κ3) is 3.23. The second-order valence-corrected chi connectivity index (χ2v) is 5.34. The lowest BCUT2D eigenvalue weighted by atomic mass is 10.1. The van der Waals surface area contributed by atoms with Crippen molar-refractivity contribution in [2.45, 2.75) is 18.9 Å². The Balaban J connectivity index is 0.00000192. The molecule has 2 aromatic rings. The summed E-state index contributed by atoms with van der Waals surface area (Å²) >= 11 is 0. The number of hydrogen-bond acceptors (Lipinski definition) is 6. The van der Waals surface area contributed by atoms with E-state index in [-0.39, 0.29) is 15.9 Å². The van der Waals surface area contributed by atoms with Crippen molar-refractivity contribution in [2.24, 2.45) is 0 Å². The summed E-state index contributed by atoms with van der Waals surface area (Å²) in [6, 6.07) is 9.16. The zero-order chi connectivity index (χ0) is 15.4. The van der Waals surface area contributed by atoms with E-state index in [2.05, 4.69) is 20.6 Å². The zero-order valence-electron chi connectivity index (χ0n) is 12.2. The van der Waals surface area contributed by atoms with Gasteiger partial charge >= 0.3 is 0 Å². The van der Waals surface area contributed by atoms with Crippen molar-refractivity contribution in [1.82, 2.24) is 15.3 Å². The van der Waals surface area contributed by atoms with Crippen LogP contribution in [0, 0.1) is 0 Å². The number of nitrogens with one attached hydrogen (secondary N) is 2. The predicted octanol–water partition coefficient (Wildman–Crippen LogP) is 2.19. The number of carbonyl (C=O) groups excluding carboxylic acids is 1. The number of nitrogens with zero attached hydrogens (tertiary/aromatic N) is 2. The van der Waals surface area contributed by atoms with Crippen molar-refractivity contribution in [1.29, 1.82) is 0 Å². The minimum atomic E-state index is -0.209. The van der Waals surface area contributed by atoms with Crippen LogP contribution in [-0.2, 0) is 0 Å². The van der Waals surface area contributed by atoms with Crippen molar-refractivity contribution in [3.63, 3.8) is 0 Å². The molecule has 0 aromatic carbocycles. The van der Waals surface area contributed by atoms with Gasteiger partial charge in [-0.1, -0.05) is 6.07 Å². The van der Waals surface area contributed by atoms with Crippen LogP contribution in [0.25, 0.3) is 0 Å². The highest BCUT2D eigenvalue weighted by atomic mass is 16.1. The summed E-state index contributed by atoms with van der Waals surface area (Å²) in [6.07, 6.45) is 3.67. The summed E-state index contributed by atoms with van der Waals surface area (Å²) in [5.74, 6) is 0.741. The molecule has 1 saturated heterocycles. The number of anilines is 2. The van der Waals surface area contributed by atoms with Crippen LogP contribution in [0.5, 0.6) is 0 Å². The monoisotopic (exact) mass is 303 g/mol. The predicted molar refractivity (Wildman–Crippen MR) is 92.2 cm³/mol. The highest BCUT2D eigenvalue weighted by Crippen LogP contribution is 2.16. The Hall–Kier alpha value is -2.47. The highest BCUT2D eigenvalue weighted by Gasteiger charge is 2.16. The van der Waals surface area contributed by atoms with Crippen molar-refractivity contribution in [2.75, 3.05) is 24.1 Å². The molecule has 0 radical (unpaired) electrons. The fourth-order valence-electron chi connectivity index (χ4n) is 2.56. The number of pyridine rings is 2. The van der Waals surface area contributed by atoms with E-state index in [1.165, 1.54) is 0 Å². The molecule has 4 N–H and O–H groups in total. The Labute approximate surface area is 133 Å². The van der Waals surface area contributed by atoms with Gasteiger partial charge in [0.15, 0.2) is 0 Å². The van der Waals surface area contributed by atoms with Gasteiger partial charge < -0.3 is 16.4 Å². The second kappa shape index (κ2) is 6.53. The molecule has 6 heteroatoms. The minimum Gasteiger partial charge on any atom is -0.383 e. The summed E-state index contributed by atoms with van der Waals surface area (Å²) in [6.45, 7) is 2.00. The Bertz CT molecular complexity index is 680. The first-order valence-corrected chi connectivity index (χ1v) is 7.43. The molecular weight excluding hydrogens is 278 g/mol. The van der Waals surface area contributed by atoms with Gasteiger partial charge in [0.25, 0.3) is 0 Å². The van der Waals surface area contributed by atoms with Crippen LogP contribution in [0.15, 0.2) is 36.5 Å². The number of hydrogen-bond donors (Lipinski definition) is 3. The fourth-order valence-corrected chi connectivity index (χ4v) is 2.56. The SMILES string of the molecule is Nc1ncccc1C(=O)c1cccc(NC2CCNCC2)n1.[HH].[HH].[HH]. The quantitative estimate of drug-likeness (QED) is 0.750. The van der Waals surface area contributed by atoms with Crippen LogP contribution in [0.1, 0.15) is 33.2 Å². The Morgan fingerprint density at radius 3 is 2.86 bits per heavy atom. The van der Waals surface area contributed by atoms with Crippen LogP contribution in [0.3, 0.4) is 0 Å². The summed E-state index contributed by atoms with van der Waals surface area (Å²) in [5.41, 5.74) is 6.52. The van der Waals surface area contributed by atoms with E-state index in [4.69, 9.17) is 5.73 Å². The summed E-state index contributed by atoms with van der Waals surface area (Å²) in [5, 5.41) is 6.71. The summed E-state index contributed by atoms with van der Waals surface area (Å²) in [4.78, 5) is 20.9. The van der Waals surface area contributed by atoms with E-state index in [9.17, 15) is 4.79 Å². The second-order valence-electron chi connectivity index (χ2n) is 5.34. The van der Waals surface area contributed by atoms with Gasteiger partial charge in [-0.05, 0) is 50.2 Å². The average Bonchev–Trinajstić information content (AvgIpc) is 2.56. The molecule has 2 aromatic heterocycles. The van der Waals surface area contributed by atoms with Crippen LogP contribution in [0.2, 0.25) is 0 Å². The maximum absolute atomic E-state index is 12.5. The Morgan fingerprint density at radius 2 is 2.09 bits per heavy atom. The number of nitrogens with two attached hydrogens (primary N) is 1. The van der Waals surface area contributed by atoms with E-state index in [1.54, 1.807) is 24.4 Å². The third-order valence-corrected chi connectivity index (χ3v) is 3.76. The molecule has 3 rings (SSSR count). The van der Waals surface area contributed by atoms with Crippen LogP contribution >= 0.6 is 0 Å². The molecule has 1 aliphatic rings.